The average Bonchev–Trinajstić information content (AvgIpc) is 3.08. The van der Waals surface area contributed by atoms with Crippen molar-refractivity contribution >= 4 is 27.3 Å². The highest BCUT2D eigenvalue weighted by atomic mass is 32.2. The van der Waals surface area contributed by atoms with Crippen LogP contribution in [0.4, 0.5) is 11.4 Å². The van der Waals surface area contributed by atoms with Gasteiger partial charge in [0.2, 0.25) is 0 Å². The molecule has 1 amide bonds. The fourth-order valence-corrected chi connectivity index (χ4v) is 3.61. The van der Waals surface area contributed by atoms with Gasteiger partial charge in [-0.1, -0.05) is 6.07 Å². The first-order valence-corrected chi connectivity index (χ1v) is 9.38. The quantitative estimate of drug-likeness (QED) is 0.712. The van der Waals surface area contributed by atoms with Crippen molar-refractivity contribution in [3.63, 3.8) is 0 Å². The van der Waals surface area contributed by atoms with Crippen molar-refractivity contribution in [2.24, 2.45) is 0 Å². The van der Waals surface area contributed by atoms with E-state index < -0.39 is 15.9 Å². The lowest BCUT2D eigenvalue weighted by Crippen LogP contribution is -2.14. The SMILES string of the molecule is Cc1cc(C)cc(NS(=O)(=O)c2ccc(NC(=O)c3ccco3)cc2)c1. The highest BCUT2D eigenvalue weighted by Gasteiger charge is 2.15. The van der Waals surface area contributed by atoms with E-state index in [0.29, 0.717) is 11.4 Å². The van der Waals surface area contributed by atoms with Gasteiger partial charge in [-0.2, -0.15) is 0 Å². The first-order valence-electron chi connectivity index (χ1n) is 7.89. The number of sulfonamides is 1. The van der Waals surface area contributed by atoms with Crippen LogP contribution < -0.4 is 10.0 Å². The Bertz CT molecular complexity index is 1000. The molecule has 3 rings (SSSR count). The monoisotopic (exact) mass is 370 g/mol. The molecule has 0 saturated carbocycles. The fraction of sp³-hybridized carbons (Fsp3) is 0.105. The Morgan fingerprint density at radius 1 is 0.923 bits per heavy atom. The standard InChI is InChI=1S/C19H18N2O4S/c1-13-10-14(2)12-16(11-13)21-26(23,24)17-7-5-15(6-8-17)20-19(22)18-4-3-9-25-18/h3-12,21H,1-2H3,(H,20,22). The second kappa shape index (κ2) is 7.05. The molecule has 0 unspecified atom stereocenters. The Labute approximate surface area is 151 Å². The number of hydrogen-bond donors (Lipinski definition) is 2. The third-order valence-electron chi connectivity index (χ3n) is 3.64. The van der Waals surface area contributed by atoms with Gasteiger partial charge in [0.1, 0.15) is 0 Å². The Kier molecular flexibility index (Phi) is 4.81. The van der Waals surface area contributed by atoms with Gasteiger partial charge in [0.05, 0.1) is 11.2 Å². The lowest BCUT2D eigenvalue weighted by atomic mass is 10.1. The van der Waals surface area contributed by atoms with Gasteiger partial charge in [-0.05, 0) is 73.5 Å². The summed E-state index contributed by atoms with van der Waals surface area (Å²) in [7, 11) is -3.72. The van der Waals surface area contributed by atoms with Crippen molar-refractivity contribution in [3.8, 4) is 0 Å². The number of hydrogen-bond acceptors (Lipinski definition) is 4. The number of nitrogens with one attached hydrogen (secondary N) is 2. The van der Waals surface area contributed by atoms with Gasteiger partial charge < -0.3 is 9.73 Å². The highest BCUT2D eigenvalue weighted by molar-refractivity contribution is 7.92. The molecule has 0 saturated heterocycles. The second-order valence-electron chi connectivity index (χ2n) is 5.94. The van der Waals surface area contributed by atoms with Gasteiger partial charge in [-0.15, -0.1) is 0 Å². The third kappa shape index (κ3) is 4.12. The summed E-state index contributed by atoms with van der Waals surface area (Å²) in [6.45, 7) is 3.81. The third-order valence-corrected chi connectivity index (χ3v) is 5.04. The van der Waals surface area contributed by atoms with Gasteiger partial charge in [0, 0.05) is 11.4 Å². The summed E-state index contributed by atoms with van der Waals surface area (Å²) < 4.78 is 32.6. The maximum Gasteiger partial charge on any atom is 0.291 e. The zero-order valence-electron chi connectivity index (χ0n) is 14.3. The molecule has 0 radical (unpaired) electrons. The molecule has 2 N–H and O–H groups in total. The number of rotatable bonds is 5. The van der Waals surface area contributed by atoms with Crippen LogP contribution in [0.2, 0.25) is 0 Å². The number of anilines is 2. The summed E-state index contributed by atoms with van der Waals surface area (Å²) in [5.41, 5.74) is 2.92. The van der Waals surface area contributed by atoms with Gasteiger partial charge in [-0.25, -0.2) is 8.42 Å². The zero-order valence-corrected chi connectivity index (χ0v) is 15.1. The average molecular weight is 370 g/mol. The maximum atomic E-state index is 12.5. The van der Waals surface area contributed by atoms with Gasteiger partial charge in [0.25, 0.3) is 15.9 Å². The van der Waals surface area contributed by atoms with Crippen LogP contribution in [0.5, 0.6) is 0 Å². The van der Waals surface area contributed by atoms with Crippen LogP contribution in [0.25, 0.3) is 0 Å². The molecule has 0 atom stereocenters. The molecule has 0 aliphatic heterocycles. The molecule has 0 aliphatic carbocycles. The normalized spacial score (nSPS) is 11.2. The predicted molar refractivity (Wildman–Crippen MR) is 99.8 cm³/mol. The lowest BCUT2D eigenvalue weighted by Gasteiger charge is -2.10. The largest absolute Gasteiger partial charge is 0.459 e. The van der Waals surface area contributed by atoms with Gasteiger partial charge in [0.15, 0.2) is 5.76 Å². The fourth-order valence-electron chi connectivity index (χ4n) is 2.57. The van der Waals surface area contributed by atoms with E-state index >= 15 is 0 Å². The molecular formula is C19H18N2O4S. The van der Waals surface area contributed by atoms with Crippen molar-refractivity contribution in [1.29, 1.82) is 0 Å². The van der Waals surface area contributed by atoms with Gasteiger partial charge in [-0.3, -0.25) is 9.52 Å². The molecule has 0 fully saturated rings. The molecule has 2 aromatic carbocycles. The molecule has 6 nitrogen and oxygen atoms in total. The topological polar surface area (TPSA) is 88.4 Å². The minimum Gasteiger partial charge on any atom is -0.459 e. The van der Waals surface area contributed by atoms with E-state index in [1.165, 1.54) is 30.5 Å². The van der Waals surface area contributed by atoms with Crippen LogP contribution in [0.3, 0.4) is 0 Å². The number of carbonyl (C=O) groups excluding carboxylic acids is 1. The van der Waals surface area contributed by atoms with Crippen LogP contribution in [0.1, 0.15) is 21.7 Å². The summed E-state index contributed by atoms with van der Waals surface area (Å²) in [6, 6.07) is 14.6. The lowest BCUT2D eigenvalue weighted by molar-refractivity contribution is 0.0996. The summed E-state index contributed by atoms with van der Waals surface area (Å²) >= 11 is 0. The van der Waals surface area contributed by atoms with E-state index in [4.69, 9.17) is 4.42 Å². The molecule has 0 bridgehead atoms. The van der Waals surface area contributed by atoms with Crippen LogP contribution in [0.15, 0.2) is 70.2 Å². The number of carbonyl (C=O) groups is 1. The number of aryl methyl sites for hydroxylation is 2. The van der Waals surface area contributed by atoms with E-state index in [2.05, 4.69) is 10.0 Å². The number of furan rings is 1. The van der Waals surface area contributed by atoms with E-state index in [1.807, 2.05) is 19.9 Å². The van der Waals surface area contributed by atoms with Crippen molar-refractivity contribution in [2.75, 3.05) is 10.0 Å². The molecule has 0 aliphatic rings. The molecule has 1 heterocycles. The summed E-state index contributed by atoms with van der Waals surface area (Å²) in [4.78, 5) is 12.0. The number of amides is 1. The zero-order chi connectivity index (χ0) is 18.7. The van der Waals surface area contributed by atoms with E-state index in [9.17, 15) is 13.2 Å². The second-order valence-corrected chi connectivity index (χ2v) is 7.62. The highest BCUT2D eigenvalue weighted by Crippen LogP contribution is 2.20. The van der Waals surface area contributed by atoms with Crippen molar-refractivity contribution < 1.29 is 17.6 Å². The Morgan fingerprint density at radius 2 is 1.58 bits per heavy atom. The molecule has 134 valence electrons. The first kappa shape index (κ1) is 17.8. The van der Waals surface area contributed by atoms with E-state index in [1.54, 1.807) is 24.3 Å². The molecule has 3 aromatic rings. The number of benzene rings is 2. The Balaban J connectivity index is 1.75. The van der Waals surface area contributed by atoms with Crippen LogP contribution >= 0.6 is 0 Å². The maximum absolute atomic E-state index is 12.5. The van der Waals surface area contributed by atoms with Crippen LogP contribution in [-0.2, 0) is 10.0 Å². The van der Waals surface area contributed by atoms with Crippen molar-refractivity contribution in [1.82, 2.24) is 0 Å². The molecule has 7 heteroatoms. The first-order chi connectivity index (χ1) is 12.3. The Morgan fingerprint density at radius 3 is 2.15 bits per heavy atom. The Hall–Kier alpha value is -3.06. The molecule has 0 spiro atoms. The van der Waals surface area contributed by atoms with E-state index in [-0.39, 0.29) is 10.7 Å². The van der Waals surface area contributed by atoms with Crippen molar-refractivity contribution in [3.05, 3.63) is 77.7 Å². The summed E-state index contributed by atoms with van der Waals surface area (Å²) in [5, 5.41) is 2.64. The van der Waals surface area contributed by atoms with Crippen LogP contribution in [0, 0.1) is 13.8 Å². The smallest absolute Gasteiger partial charge is 0.291 e. The van der Waals surface area contributed by atoms with Gasteiger partial charge >= 0.3 is 0 Å². The minimum atomic E-state index is -3.72. The minimum absolute atomic E-state index is 0.104. The van der Waals surface area contributed by atoms with Crippen LogP contribution in [-0.4, -0.2) is 14.3 Å². The van der Waals surface area contributed by atoms with Crippen molar-refractivity contribution in [2.45, 2.75) is 18.7 Å². The summed E-state index contributed by atoms with van der Waals surface area (Å²) in [6.07, 6.45) is 1.41. The predicted octanol–water partition coefficient (Wildman–Crippen LogP) is 3.95. The summed E-state index contributed by atoms with van der Waals surface area (Å²) in [5.74, 6) is -0.225. The molecule has 1 aromatic heterocycles. The molecular weight excluding hydrogens is 352 g/mol. The molecule has 26 heavy (non-hydrogen) atoms. The van der Waals surface area contributed by atoms with E-state index in [0.717, 1.165) is 11.1 Å².